The number of methoxy groups -OCH3 is 1. The predicted molar refractivity (Wildman–Crippen MR) is 171 cm³/mol. The van der Waals surface area contributed by atoms with Gasteiger partial charge in [0.25, 0.3) is 6.33 Å². The van der Waals surface area contributed by atoms with Gasteiger partial charge in [0.2, 0.25) is 5.79 Å². The van der Waals surface area contributed by atoms with Crippen molar-refractivity contribution in [3.63, 3.8) is 0 Å². The molecule has 1 aromatic heterocycles. The molecule has 2 heterocycles. The Hall–Kier alpha value is -3.60. The molecule has 4 nitrogen and oxygen atoms in total. The summed E-state index contributed by atoms with van der Waals surface area (Å²) < 4.78 is 8.56. The Morgan fingerprint density at radius 1 is 0.857 bits per heavy atom. The van der Waals surface area contributed by atoms with Crippen LogP contribution in [0.1, 0.15) is 83.6 Å². The highest BCUT2D eigenvalue weighted by Crippen LogP contribution is 2.58. The molecule has 1 N–H and O–H groups in total. The fourth-order valence-corrected chi connectivity index (χ4v) is 8.33. The standard InChI is InChI=1S/C38H41N2O2/c1-9-37(10-2)38(41,42-8)31-26-18-14-13-17-25(26)29(35(3,4)5)21-27(31)34-32-33(39-22-40(34)37)30-24-16-12-11-15-23(24)19-20-28(30)36(32,6)7/h11-22,41H,9-10H2,1-8H3/q+1. The van der Waals surface area contributed by atoms with E-state index in [-0.39, 0.29) is 10.8 Å². The quantitative estimate of drug-likeness (QED) is 0.179. The van der Waals surface area contributed by atoms with Gasteiger partial charge in [-0.3, -0.25) is 0 Å². The van der Waals surface area contributed by atoms with Gasteiger partial charge >= 0.3 is 0 Å². The number of ether oxygens (including phenoxy) is 1. The second-order valence-electron chi connectivity index (χ2n) is 13.8. The van der Waals surface area contributed by atoms with Crippen molar-refractivity contribution in [2.45, 2.75) is 83.5 Å². The summed E-state index contributed by atoms with van der Waals surface area (Å²) in [5.41, 5.74) is 7.89. The highest BCUT2D eigenvalue weighted by atomic mass is 16.6. The molecule has 0 spiro atoms. The molecule has 1 unspecified atom stereocenters. The van der Waals surface area contributed by atoms with Crippen molar-refractivity contribution in [1.82, 2.24) is 4.98 Å². The van der Waals surface area contributed by atoms with E-state index in [4.69, 9.17) is 9.72 Å². The molecule has 0 saturated heterocycles. The van der Waals surface area contributed by atoms with Gasteiger partial charge in [0, 0.05) is 29.2 Å². The first-order valence-electron chi connectivity index (χ1n) is 15.3. The lowest BCUT2D eigenvalue weighted by Crippen LogP contribution is -2.71. The van der Waals surface area contributed by atoms with Crippen molar-refractivity contribution in [2.75, 3.05) is 7.11 Å². The Morgan fingerprint density at radius 3 is 2.14 bits per heavy atom. The zero-order valence-electron chi connectivity index (χ0n) is 26.1. The van der Waals surface area contributed by atoms with Crippen molar-refractivity contribution in [3.8, 4) is 22.5 Å². The first-order valence-corrected chi connectivity index (χ1v) is 15.3. The van der Waals surface area contributed by atoms with Crippen LogP contribution in [0, 0.1) is 0 Å². The van der Waals surface area contributed by atoms with E-state index in [1.807, 2.05) is 6.33 Å². The van der Waals surface area contributed by atoms with Crippen molar-refractivity contribution in [3.05, 3.63) is 95.3 Å². The summed E-state index contributed by atoms with van der Waals surface area (Å²) in [7, 11) is 1.65. The van der Waals surface area contributed by atoms with E-state index in [1.165, 1.54) is 33.0 Å². The fourth-order valence-electron chi connectivity index (χ4n) is 8.33. The maximum Gasteiger partial charge on any atom is 0.288 e. The van der Waals surface area contributed by atoms with Crippen LogP contribution >= 0.6 is 0 Å². The molecular weight excluding hydrogens is 516 g/mol. The van der Waals surface area contributed by atoms with Gasteiger partial charge in [-0.25, -0.2) is 4.57 Å². The van der Waals surface area contributed by atoms with Crippen LogP contribution in [-0.2, 0) is 26.9 Å². The van der Waals surface area contributed by atoms with E-state index in [0.717, 1.165) is 33.3 Å². The molecule has 7 rings (SSSR count). The first kappa shape index (κ1) is 27.2. The number of hydrogen-bond donors (Lipinski definition) is 1. The number of fused-ring (bicyclic) bond motifs is 11. The van der Waals surface area contributed by atoms with Crippen molar-refractivity contribution >= 4 is 21.5 Å². The zero-order chi connectivity index (χ0) is 29.8. The van der Waals surface area contributed by atoms with E-state index in [9.17, 15) is 5.11 Å². The van der Waals surface area contributed by atoms with Crippen LogP contribution in [-0.4, -0.2) is 17.2 Å². The Balaban J connectivity index is 1.73. The lowest BCUT2D eigenvalue weighted by Gasteiger charge is -2.49. The lowest BCUT2D eigenvalue weighted by atomic mass is 9.68. The van der Waals surface area contributed by atoms with Gasteiger partial charge in [0.1, 0.15) is 5.69 Å². The van der Waals surface area contributed by atoms with Gasteiger partial charge in [-0.2, -0.15) is 0 Å². The summed E-state index contributed by atoms with van der Waals surface area (Å²) in [4.78, 5) is 5.25. The van der Waals surface area contributed by atoms with Crippen molar-refractivity contribution in [2.24, 2.45) is 0 Å². The molecule has 0 fully saturated rings. The zero-order valence-corrected chi connectivity index (χ0v) is 26.1. The van der Waals surface area contributed by atoms with Gasteiger partial charge in [-0.15, -0.1) is 0 Å². The molecular formula is C38H41N2O2+. The van der Waals surface area contributed by atoms with Crippen LogP contribution in [0.3, 0.4) is 0 Å². The van der Waals surface area contributed by atoms with Crippen LogP contribution in [0.15, 0.2) is 73.1 Å². The highest BCUT2D eigenvalue weighted by molar-refractivity contribution is 6.03. The van der Waals surface area contributed by atoms with Crippen molar-refractivity contribution in [1.29, 1.82) is 0 Å². The molecule has 42 heavy (non-hydrogen) atoms. The average molecular weight is 558 g/mol. The SMILES string of the molecule is CCC1(CC)[n+]2cnc3c(c2-c2cc(C(C)(C)C)c4ccccc4c2C1(O)OC)C(C)(C)c1ccc2ccccc2c1-3. The molecule has 0 amide bonds. The molecule has 0 bridgehead atoms. The van der Waals surface area contributed by atoms with Gasteiger partial charge in [0.05, 0.1) is 5.56 Å². The second kappa shape index (κ2) is 8.72. The van der Waals surface area contributed by atoms with Gasteiger partial charge < -0.3 is 9.84 Å². The number of aliphatic hydroxyl groups is 1. The summed E-state index contributed by atoms with van der Waals surface area (Å²) in [6.45, 7) is 15.8. The fraction of sp³-hybridized carbons (Fsp3) is 0.368. The molecule has 1 aliphatic heterocycles. The number of benzene rings is 4. The van der Waals surface area contributed by atoms with E-state index >= 15 is 0 Å². The second-order valence-corrected chi connectivity index (χ2v) is 13.8. The molecule has 0 saturated carbocycles. The summed E-state index contributed by atoms with van der Waals surface area (Å²) in [5.74, 6) is -1.56. The summed E-state index contributed by atoms with van der Waals surface area (Å²) in [5, 5.41) is 17.6. The van der Waals surface area contributed by atoms with Crippen LogP contribution in [0.4, 0.5) is 0 Å². The van der Waals surface area contributed by atoms with Gasteiger partial charge in [0.15, 0.2) is 11.2 Å². The third kappa shape index (κ3) is 3.15. The largest absolute Gasteiger partial charge is 0.358 e. The molecule has 4 aromatic carbocycles. The molecule has 214 valence electrons. The molecule has 4 heteroatoms. The summed E-state index contributed by atoms with van der Waals surface area (Å²) in [6, 6.07) is 24.0. The highest BCUT2D eigenvalue weighted by Gasteiger charge is 2.62. The minimum Gasteiger partial charge on any atom is -0.358 e. The van der Waals surface area contributed by atoms with Crippen LogP contribution in [0.2, 0.25) is 0 Å². The number of nitrogens with zero attached hydrogens (tertiary/aromatic N) is 2. The van der Waals surface area contributed by atoms with Crippen LogP contribution in [0.25, 0.3) is 44.1 Å². The number of aromatic nitrogens is 2. The van der Waals surface area contributed by atoms with E-state index < -0.39 is 11.3 Å². The van der Waals surface area contributed by atoms with Crippen molar-refractivity contribution < 1.29 is 14.4 Å². The van der Waals surface area contributed by atoms with E-state index in [2.05, 4.69) is 120 Å². The first-order chi connectivity index (χ1) is 20.0. The third-order valence-electron chi connectivity index (χ3n) is 10.5. The van der Waals surface area contributed by atoms with Crippen LogP contribution in [0.5, 0.6) is 0 Å². The smallest absolute Gasteiger partial charge is 0.288 e. The Kier molecular flexibility index (Phi) is 5.65. The van der Waals surface area contributed by atoms with Gasteiger partial charge in [-0.1, -0.05) is 109 Å². The minimum absolute atomic E-state index is 0.112. The number of hydrogen-bond acceptors (Lipinski definition) is 3. The normalized spacial score (nSPS) is 19.8. The van der Waals surface area contributed by atoms with Gasteiger partial charge in [-0.05, 0) is 62.0 Å². The molecule has 1 atom stereocenters. The summed E-state index contributed by atoms with van der Waals surface area (Å²) in [6.07, 6.45) is 3.33. The maximum atomic E-state index is 12.9. The molecule has 0 radical (unpaired) electrons. The Bertz CT molecular complexity index is 1930. The average Bonchev–Trinajstić information content (AvgIpc) is 3.23. The van der Waals surface area contributed by atoms with E-state index in [0.29, 0.717) is 12.8 Å². The number of rotatable bonds is 3. The molecule has 2 aliphatic rings. The minimum atomic E-state index is -1.56. The lowest BCUT2D eigenvalue weighted by molar-refractivity contribution is -0.792. The molecule has 5 aromatic rings. The van der Waals surface area contributed by atoms with Crippen LogP contribution < -0.4 is 4.57 Å². The monoisotopic (exact) mass is 557 g/mol. The van der Waals surface area contributed by atoms with E-state index in [1.54, 1.807) is 7.11 Å². The predicted octanol–water partition coefficient (Wildman–Crippen LogP) is 8.27. The Labute approximate surface area is 249 Å². The topological polar surface area (TPSA) is 46.2 Å². The maximum absolute atomic E-state index is 12.9. The summed E-state index contributed by atoms with van der Waals surface area (Å²) >= 11 is 0. The Morgan fingerprint density at radius 2 is 1.50 bits per heavy atom. The molecule has 1 aliphatic carbocycles. The third-order valence-corrected chi connectivity index (χ3v) is 10.5.